The molecule has 0 fully saturated rings. The van der Waals surface area contributed by atoms with Crippen molar-refractivity contribution in [2.45, 2.75) is 92.8 Å². The number of hydrogen-bond acceptors (Lipinski definition) is 6. The molecule has 0 aliphatic carbocycles. The Morgan fingerprint density at radius 3 is 2.08 bits per heavy atom. The van der Waals surface area contributed by atoms with Crippen molar-refractivity contribution in [3.8, 4) is 0 Å². The summed E-state index contributed by atoms with van der Waals surface area (Å²) in [5.74, 6) is -1.46. The summed E-state index contributed by atoms with van der Waals surface area (Å²) in [4.78, 5) is 53.3. The van der Waals surface area contributed by atoms with Gasteiger partial charge < -0.3 is 25.0 Å². The number of nitrogens with one attached hydrogen (secondary N) is 2. The number of ether oxygens (including phenoxy) is 2. The molecule has 9 nitrogen and oxygen atoms in total. The van der Waals surface area contributed by atoms with Crippen LogP contribution in [-0.2, 0) is 23.9 Å². The van der Waals surface area contributed by atoms with Gasteiger partial charge in [0.05, 0.1) is 13.0 Å². The van der Waals surface area contributed by atoms with E-state index in [1.165, 1.54) is 4.90 Å². The summed E-state index contributed by atoms with van der Waals surface area (Å²) < 4.78 is 10.3. The smallest absolute Gasteiger partial charge is 0.408 e. The second-order valence-corrected chi connectivity index (χ2v) is 10.6. The van der Waals surface area contributed by atoms with Crippen molar-refractivity contribution >= 4 is 23.9 Å². The molecule has 0 aliphatic rings. The summed E-state index contributed by atoms with van der Waals surface area (Å²) >= 11 is 0. The maximum atomic E-state index is 13.9. The van der Waals surface area contributed by atoms with Crippen LogP contribution < -0.4 is 10.6 Å². The molecule has 1 rings (SSSR count). The maximum absolute atomic E-state index is 13.9. The van der Waals surface area contributed by atoms with Gasteiger partial charge in [0.15, 0.2) is 0 Å². The molecule has 1 aromatic rings. The van der Waals surface area contributed by atoms with E-state index in [0.717, 1.165) is 11.1 Å². The van der Waals surface area contributed by atoms with E-state index in [-0.39, 0.29) is 31.4 Å². The van der Waals surface area contributed by atoms with E-state index in [1.807, 2.05) is 52.8 Å². The van der Waals surface area contributed by atoms with Gasteiger partial charge in [0.1, 0.15) is 17.7 Å². The van der Waals surface area contributed by atoms with E-state index in [2.05, 4.69) is 10.6 Å². The number of carbonyl (C=O) groups excluding carboxylic acids is 4. The predicted molar refractivity (Wildman–Crippen MR) is 143 cm³/mol. The minimum atomic E-state index is -0.949. The van der Waals surface area contributed by atoms with Gasteiger partial charge in [0, 0.05) is 13.1 Å². The molecule has 0 aliphatic heterocycles. The van der Waals surface area contributed by atoms with Crippen molar-refractivity contribution in [2.75, 3.05) is 19.7 Å². The van der Waals surface area contributed by atoms with E-state index in [0.29, 0.717) is 18.5 Å². The lowest BCUT2D eigenvalue weighted by Crippen LogP contribution is -2.55. The molecule has 3 amide bonds. The summed E-state index contributed by atoms with van der Waals surface area (Å²) in [6, 6.07) is 3.90. The van der Waals surface area contributed by atoms with Crippen LogP contribution >= 0.6 is 0 Å². The van der Waals surface area contributed by atoms with Gasteiger partial charge in [0.2, 0.25) is 11.8 Å². The van der Waals surface area contributed by atoms with Gasteiger partial charge in [-0.2, -0.15) is 0 Å². The lowest BCUT2D eigenvalue weighted by atomic mass is 9.96. The maximum Gasteiger partial charge on any atom is 0.408 e. The molecule has 0 spiro atoms. The number of alkyl carbamates (subject to hydrolysis) is 1. The number of amides is 3. The summed E-state index contributed by atoms with van der Waals surface area (Å²) in [5, 5.41) is 5.50. The molecule has 0 heterocycles. The molecule has 208 valence electrons. The van der Waals surface area contributed by atoms with Crippen molar-refractivity contribution in [1.82, 2.24) is 15.5 Å². The van der Waals surface area contributed by atoms with E-state index < -0.39 is 35.7 Å². The summed E-state index contributed by atoms with van der Waals surface area (Å²) in [5.41, 5.74) is 1.84. The van der Waals surface area contributed by atoms with Crippen molar-refractivity contribution in [3.63, 3.8) is 0 Å². The van der Waals surface area contributed by atoms with Gasteiger partial charge in [-0.05, 0) is 59.4 Å². The fraction of sp³-hybridized carbons (Fsp3) is 0.643. The van der Waals surface area contributed by atoms with Crippen molar-refractivity contribution in [3.05, 3.63) is 34.9 Å². The van der Waals surface area contributed by atoms with Crippen molar-refractivity contribution < 1.29 is 28.7 Å². The number of hydrogen-bond donors (Lipinski definition) is 2. The van der Waals surface area contributed by atoms with Crippen LogP contribution in [0, 0.1) is 19.8 Å². The van der Waals surface area contributed by atoms with Crippen LogP contribution in [0.15, 0.2) is 18.2 Å². The molecule has 1 aromatic carbocycles. The van der Waals surface area contributed by atoms with Crippen molar-refractivity contribution in [2.24, 2.45) is 5.92 Å². The zero-order valence-electron chi connectivity index (χ0n) is 23.9. The lowest BCUT2D eigenvalue weighted by molar-refractivity contribution is -0.144. The minimum Gasteiger partial charge on any atom is -0.466 e. The Labute approximate surface area is 221 Å². The molecule has 37 heavy (non-hydrogen) atoms. The molecule has 2 atom stereocenters. The van der Waals surface area contributed by atoms with Crippen LogP contribution in [0.1, 0.15) is 84.0 Å². The average Bonchev–Trinajstić information content (AvgIpc) is 2.75. The van der Waals surface area contributed by atoms with Gasteiger partial charge in [-0.25, -0.2) is 4.79 Å². The fourth-order valence-corrected chi connectivity index (χ4v) is 3.99. The number of benzene rings is 1. The zero-order valence-corrected chi connectivity index (χ0v) is 23.9. The molecule has 0 bridgehead atoms. The van der Waals surface area contributed by atoms with Crippen LogP contribution in [0.5, 0.6) is 0 Å². The molecule has 2 N–H and O–H groups in total. The Morgan fingerprint density at radius 1 is 1.00 bits per heavy atom. The first-order valence-electron chi connectivity index (χ1n) is 13.0. The highest BCUT2D eigenvalue weighted by Gasteiger charge is 2.37. The minimum absolute atomic E-state index is 0.0235. The third-order valence-electron chi connectivity index (χ3n) is 5.41. The van der Waals surface area contributed by atoms with Crippen LogP contribution in [0.4, 0.5) is 4.79 Å². The number of rotatable bonds is 12. The molecule has 0 saturated heterocycles. The second-order valence-electron chi connectivity index (χ2n) is 10.6. The summed E-state index contributed by atoms with van der Waals surface area (Å²) in [7, 11) is 0. The van der Waals surface area contributed by atoms with Crippen LogP contribution in [0.2, 0.25) is 0 Å². The van der Waals surface area contributed by atoms with Gasteiger partial charge >= 0.3 is 12.1 Å². The number of carbonyl (C=O) groups is 4. The second kappa shape index (κ2) is 14.6. The lowest BCUT2D eigenvalue weighted by Gasteiger charge is -2.35. The molecule has 9 heteroatoms. The largest absolute Gasteiger partial charge is 0.466 e. The summed E-state index contributed by atoms with van der Waals surface area (Å²) in [6.07, 6.45) is -0.0753. The number of esters is 1. The normalized spacial score (nSPS) is 12.9. The Kier molecular flexibility index (Phi) is 12.6. The Hall–Kier alpha value is -3.10. The Morgan fingerprint density at radius 2 is 1.59 bits per heavy atom. The van der Waals surface area contributed by atoms with Gasteiger partial charge in [-0.15, -0.1) is 0 Å². The quantitative estimate of drug-likeness (QED) is 0.400. The highest BCUT2D eigenvalue weighted by molar-refractivity contribution is 5.92. The molecular formula is C28H45N3O6. The SMILES string of the molecule is CCCN(C(=O)C(NC(=O)OC(C)(C)C)C(C)C)C(C(=O)NCCC(=O)OCC)c1cc(C)cc(C)c1. The first-order valence-corrected chi connectivity index (χ1v) is 13.0. The van der Waals surface area contributed by atoms with Gasteiger partial charge in [0.25, 0.3) is 0 Å². The monoisotopic (exact) mass is 519 g/mol. The first kappa shape index (κ1) is 31.9. The highest BCUT2D eigenvalue weighted by atomic mass is 16.6. The molecular weight excluding hydrogens is 474 g/mol. The van der Waals surface area contributed by atoms with Crippen molar-refractivity contribution in [1.29, 1.82) is 0 Å². The van der Waals surface area contributed by atoms with Gasteiger partial charge in [-0.3, -0.25) is 14.4 Å². The number of nitrogens with zero attached hydrogens (tertiary/aromatic N) is 1. The van der Waals surface area contributed by atoms with E-state index in [4.69, 9.17) is 9.47 Å². The topological polar surface area (TPSA) is 114 Å². The third-order valence-corrected chi connectivity index (χ3v) is 5.41. The van der Waals surface area contributed by atoms with Crippen LogP contribution in [-0.4, -0.2) is 60.1 Å². The van der Waals surface area contributed by atoms with E-state index in [9.17, 15) is 19.2 Å². The fourth-order valence-electron chi connectivity index (χ4n) is 3.99. The number of aryl methyl sites for hydroxylation is 2. The van der Waals surface area contributed by atoms with Gasteiger partial charge in [-0.1, -0.05) is 50.1 Å². The van der Waals surface area contributed by atoms with E-state index in [1.54, 1.807) is 27.7 Å². The standard InChI is InChI=1S/C28H45N3O6/c1-10-14-31(26(34)23(18(3)4)30-27(35)37-28(7,8)9)24(21-16-19(5)15-20(6)17-21)25(33)29-13-12-22(32)36-11-2/h15-18,23-24H,10-14H2,1-9H3,(H,29,33)(H,30,35). The van der Waals surface area contributed by atoms with Crippen LogP contribution in [0.3, 0.4) is 0 Å². The van der Waals surface area contributed by atoms with E-state index >= 15 is 0 Å². The molecule has 0 aromatic heterocycles. The Balaban J connectivity index is 3.39. The zero-order chi connectivity index (χ0) is 28.3. The predicted octanol–water partition coefficient (Wildman–Crippen LogP) is 4.20. The third kappa shape index (κ3) is 10.8. The molecule has 0 saturated carbocycles. The highest BCUT2D eigenvalue weighted by Crippen LogP contribution is 2.26. The summed E-state index contributed by atoms with van der Waals surface area (Å²) in [6.45, 7) is 17.0. The molecule has 2 unspecified atom stereocenters. The molecule has 0 radical (unpaired) electrons. The Bertz CT molecular complexity index is 918. The average molecular weight is 520 g/mol. The van der Waals surface area contributed by atoms with Crippen LogP contribution in [0.25, 0.3) is 0 Å². The first-order chi connectivity index (χ1) is 17.2.